The normalized spacial score (nSPS) is 8.65. The van der Waals surface area contributed by atoms with E-state index >= 15 is 0 Å². The minimum Gasteiger partial charge on any atom is -0.465 e. The number of ether oxygens (including phenoxy) is 1. The average Bonchev–Trinajstić information content (AvgIpc) is 3.23. The molecule has 0 aromatic carbocycles. The summed E-state index contributed by atoms with van der Waals surface area (Å²) >= 11 is 0. The molecular formula is C58H140N2O3. The number of hydrogen-bond donors (Lipinski definition) is 1. The summed E-state index contributed by atoms with van der Waals surface area (Å²) in [5, 5.41) is 2.57. The lowest BCUT2D eigenvalue weighted by molar-refractivity contribution is -0.149. The Bertz CT molecular complexity index is 514. The fourth-order valence-corrected chi connectivity index (χ4v) is 3.61. The molecule has 0 heterocycles. The third-order valence-electron chi connectivity index (χ3n) is 5.65. The highest BCUT2D eigenvalue weighted by Gasteiger charge is 2.17. The number of nitrogens with one attached hydrogen (secondary N) is 1. The summed E-state index contributed by atoms with van der Waals surface area (Å²) in [6.07, 6.45) is 29.7. The zero-order chi connectivity index (χ0) is 52.8. The Balaban J connectivity index is -0.0000000498. The lowest BCUT2D eigenvalue weighted by Crippen LogP contribution is -2.18. The molecule has 0 aliphatic rings. The van der Waals surface area contributed by atoms with E-state index in [2.05, 4.69) is 163 Å². The lowest BCUT2D eigenvalue weighted by atomic mass is 9.98. The van der Waals surface area contributed by atoms with Crippen molar-refractivity contribution >= 4 is 11.9 Å². The van der Waals surface area contributed by atoms with Crippen LogP contribution in [0.3, 0.4) is 0 Å². The molecule has 0 aromatic heterocycles. The van der Waals surface area contributed by atoms with Gasteiger partial charge in [0.15, 0.2) is 0 Å². The molecule has 0 radical (unpaired) electrons. The zero-order valence-electron chi connectivity index (χ0n) is 50.8. The minimum atomic E-state index is 0.0394. The summed E-state index contributed by atoms with van der Waals surface area (Å²) in [7, 11) is 4.27. The number of carbonyl (C=O) groups excluding carboxylic acids is 2. The van der Waals surface area contributed by atoms with E-state index < -0.39 is 0 Å². The summed E-state index contributed by atoms with van der Waals surface area (Å²) in [6, 6.07) is 0. The first kappa shape index (κ1) is 96.0. The van der Waals surface area contributed by atoms with Gasteiger partial charge < -0.3 is 15.0 Å². The smallest absolute Gasteiger partial charge is 0.308 e. The zero-order valence-corrected chi connectivity index (χ0v) is 50.8. The monoisotopic (exact) mass is 913 g/mol. The molecule has 0 rings (SSSR count). The fraction of sp³-hybridized carbons (Fsp3) is 0.966. The first-order valence-corrected chi connectivity index (χ1v) is 28.2. The van der Waals surface area contributed by atoms with E-state index in [1.165, 1.54) is 148 Å². The lowest BCUT2D eigenvalue weighted by Gasteiger charge is -2.14. The van der Waals surface area contributed by atoms with Gasteiger partial charge in [-0.05, 0) is 53.2 Å². The third kappa shape index (κ3) is 253. The Morgan fingerprint density at radius 2 is 0.698 bits per heavy atom. The molecule has 63 heavy (non-hydrogen) atoms. The molecule has 0 saturated carbocycles. The van der Waals surface area contributed by atoms with Crippen LogP contribution in [0.25, 0.3) is 0 Å². The Labute approximate surface area is 408 Å². The molecule has 0 spiro atoms. The van der Waals surface area contributed by atoms with Crippen molar-refractivity contribution in [1.82, 2.24) is 10.2 Å². The van der Waals surface area contributed by atoms with Crippen LogP contribution in [-0.4, -0.2) is 50.6 Å². The molecule has 0 aliphatic carbocycles. The van der Waals surface area contributed by atoms with Crippen LogP contribution in [-0.2, 0) is 14.3 Å². The van der Waals surface area contributed by atoms with E-state index in [1.54, 1.807) is 0 Å². The molecule has 0 aliphatic heterocycles. The number of unbranched alkanes of at least 4 members (excludes halogenated alkanes) is 11. The van der Waals surface area contributed by atoms with E-state index in [0.717, 1.165) is 25.8 Å². The van der Waals surface area contributed by atoms with Gasteiger partial charge in [0, 0.05) is 13.5 Å². The molecular weight excluding hydrogens is 773 g/mol. The summed E-state index contributed by atoms with van der Waals surface area (Å²) in [6.45, 7) is 56.6. The first-order chi connectivity index (χ1) is 30.1. The van der Waals surface area contributed by atoms with Crippen molar-refractivity contribution in [3.63, 3.8) is 0 Å². The maximum Gasteiger partial charge on any atom is 0.308 e. The Morgan fingerprint density at radius 1 is 0.429 bits per heavy atom. The highest BCUT2D eigenvalue weighted by Crippen LogP contribution is 2.17. The van der Waals surface area contributed by atoms with E-state index in [1.807, 2.05) is 34.6 Å². The summed E-state index contributed by atoms with van der Waals surface area (Å²) in [5.41, 5.74) is 0. The van der Waals surface area contributed by atoms with Gasteiger partial charge in [0.25, 0.3) is 0 Å². The van der Waals surface area contributed by atoms with Crippen molar-refractivity contribution < 1.29 is 14.3 Å². The highest BCUT2D eigenvalue weighted by atomic mass is 16.5. The third-order valence-corrected chi connectivity index (χ3v) is 5.65. The topological polar surface area (TPSA) is 58.6 Å². The van der Waals surface area contributed by atoms with Gasteiger partial charge in [-0.25, -0.2) is 0 Å². The van der Waals surface area contributed by atoms with E-state index in [-0.39, 0.29) is 17.8 Å². The first-order valence-electron chi connectivity index (χ1n) is 28.2. The fourth-order valence-electron chi connectivity index (χ4n) is 3.61. The quantitative estimate of drug-likeness (QED) is 0.0977. The molecule has 1 unspecified atom stereocenters. The van der Waals surface area contributed by atoms with Crippen LogP contribution >= 0.6 is 0 Å². The van der Waals surface area contributed by atoms with Gasteiger partial charge in [-0.2, -0.15) is 0 Å². The molecule has 0 bridgehead atoms. The van der Waals surface area contributed by atoms with Crippen molar-refractivity contribution in [2.45, 2.75) is 334 Å². The molecule has 0 saturated heterocycles. The Hall–Kier alpha value is -1.10. The number of carbonyl (C=O) groups is 2. The number of esters is 1. The highest BCUT2D eigenvalue weighted by molar-refractivity contribution is 5.72. The van der Waals surface area contributed by atoms with Crippen molar-refractivity contribution in [2.24, 2.45) is 5.92 Å². The van der Waals surface area contributed by atoms with Crippen molar-refractivity contribution in [1.29, 1.82) is 0 Å². The van der Waals surface area contributed by atoms with Crippen LogP contribution in [0.5, 0.6) is 0 Å². The molecule has 0 aromatic rings. The van der Waals surface area contributed by atoms with Gasteiger partial charge in [-0.1, -0.05) is 295 Å². The van der Waals surface area contributed by atoms with Crippen LogP contribution in [0.15, 0.2) is 0 Å². The van der Waals surface area contributed by atoms with E-state index in [9.17, 15) is 9.59 Å². The standard InChI is InChI=1S/C23H47NO2.C4H9NO.9C3H8.2C2H6/c1-5-7-8-9-13-16-19-22(6-2)23(25)26-21-18-15-12-10-11-14-17-20-24(3)4;1-3-5-4(2)6;9*1-3-2;2*1-2/h22H,5-21H2,1-4H3;3H2,1-2H3,(H,5,6);9*3H2,1-2H3;2*1-2H3. The molecule has 1 amide bonds. The van der Waals surface area contributed by atoms with Crippen molar-refractivity contribution in [3.8, 4) is 0 Å². The van der Waals surface area contributed by atoms with Gasteiger partial charge in [-0.15, -0.1) is 0 Å². The second kappa shape index (κ2) is 137. The summed E-state index contributed by atoms with van der Waals surface area (Å²) < 4.78 is 5.52. The molecule has 5 heteroatoms. The van der Waals surface area contributed by atoms with Crippen LogP contribution in [0.2, 0.25) is 0 Å². The maximum absolute atomic E-state index is 12.2. The van der Waals surface area contributed by atoms with Crippen LogP contribution in [0.4, 0.5) is 0 Å². The maximum atomic E-state index is 12.2. The van der Waals surface area contributed by atoms with Gasteiger partial charge in [-0.3, -0.25) is 9.59 Å². The molecule has 0 fully saturated rings. The van der Waals surface area contributed by atoms with Gasteiger partial charge in [0.05, 0.1) is 12.5 Å². The summed E-state index contributed by atoms with van der Waals surface area (Å²) in [5.74, 6) is 0.208. The number of rotatable bonds is 20. The van der Waals surface area contributed by atoms with E-state index in [0.29, 0.717) is 6.61 Å². The predicted octanol–water partition coefficient (Wildman–Crippen LogP) is 21.5. The Kier molecular flexibility index (Phi) is 209. The molecule has 400 valence electrons. The largest absolute Gasteiger partial charge is 0.465 e. The van der Waals surface area contributed by atoms with Crippen LogP contribution < -0.4 is 5.32 Å². The number of amides is 1. The molecule has 1 atom stereocenters. The van der Waals surface area contributed by atoms with E-state index in [4.69, 9.17) is 4.74 Å². The SMILES string of the molecule is CC.CC.CCC.CCC.CCC.CCC.CCC.CCC.CCC.CCC.CCC.CCCCCCCCC(CC)C(=O)OCCCCCCCCCN(C)C.CCNC(C)=O. The van der Waals surface area contributed by atoms with Gasteiger partial charge in [0.2, 0.25) is 5.91 Å². The van der Waals surface area contributed by atoms with Crippen molar-refractivity contribution in [2.75, 3.05) is 33.8 Å². The van der Waals surface area contributed by atoms with Crippen LogP contribution in [0.1, 0.15) is 334 Å². The number of hydrogen-bond acceptors (Lipinski definition) is 4. The number of nitrogens with zero attached hydrogens (tertiary/aromatic N) is 1. The Morgan fingerprint density at radius 3 is 0.937 bits per heavy atom. The van der Waals surface area contributed by atoms with Crippen LogP contribution in [0, 0.1) is 5.92 Å². The second-order valence-electron chi connectivity index (χ2n) is 15.6. The summed E-state index contributed by atoms with van der Waals surface area (Å²) in [4.78, 5) is 24.4. The second-order valence-corrected chi connectivity index (χ2v) is 15.6. The molecule has 1 N–H and O–H groups in total. The minimum absolute atomic E-state index is 0.0394. The van der Waals surface area contributed by atoms with Gasteiger partial charge >= 0.3 is 5.97 Å². The average molecular weight is 914 g/mol. The predicted molar refractivity (Wildman–Crippen MR) is 304 cm³/mol. The van der Waals surface area contributed by atoms with Crippen molar-refractivity contribution in [3.05, 3.63) is 0 Å². The van der Waals surface area contributed by atoms with Gasteiger partial charge in [0.1, 0.15) is 0 Å². The molecule has 5 nitrogen and oxygen atoms in total.